The molecule has 0 aliphatic carbocycles. The van der Waals surface area contributed by atoms with Gasteiger partial charge in [0.05, 0.1) is 6.61 Å². The van der Waals surface area contributed by atoms with Gasteiger partial charge in [0.15, 0.2) is 0 Å². The Labute approximate surface area is 97.4 Å². The molecule has 2 rings (SSSR count). The molecule has 1 aromatic heterocycles. The van der Waals surface area contributed by atoms with Gasteiger partial charge in [-0.1, -0.05) is 6.07 Å². The van der Waals surface area contributed by atoms with E-state index in [-0.39, 0.29) is 0 Å². The highest BCUT2D eigenvalue weighted by Gasteiger charge is 2.20. The van der Waals surface area contributed by atoms with Crippen molar-refractivity contribution < 1.29 is 4.74 Å². The number of rotatable bonds is 3. The molecule has 1 aromatic rings. The lowest BCUT2D eigenvalue weighted by molar-refractivity contribution is 0.143. The molecule has 0 aromatic carbocycles. The fraction of sp³-hybridized carbons (Fsp3) is 0.615. The molecule has 16 heavy (non-hydrogen) atoms. The van der Waals surface area contributed by atoms with E-state index in [1.165, 1.54) is 12.8 Å². The van der Waals surface area contributed by atoms with Crippen LogP contribution in [0.5, 0.6) is 0 Å². The zero-order valence-electron chi connectivity index (χ0n) is 10.1. The molecule has 1 saturated heterocycles. The highest BCUT2D eigenvalue weighted by Crippen LogP contribution is 2.21. The van der Waals surface area contributed by atoms with Gasteiger partial charge in [-0.2, -0.15) is 0 Å². The molecule has 88 valence electrons. The Balaban J connectivity index is 2.03. The van der Waals surface area contributed by atoms with Crippen LogP contribution in [0.3, 0.4) is 0 Å². The Bertz CT molecular complexity index is 338. The highest BCUT2D eigenvalue weighted by molar-refractivity contribution is 5.39. The number of hydrogen-bond donors (Lipinski definition) is 0. The molecule has 3 heteroatoms. The Kier molecular flexibility index (Phi) is 3.78. The molecule has 0 spiro atoms. The Hall–Kier alpha value is -1.09. The predicted molar refractivity (Wildman–Crippen MR) is 65.8 cm³/mol. The van der Waals surface area contributed by atoms with Crippen LogP contribution >= 0.6 is 0 Å². The van der Waals surface area contributed by atoms with Crippen molar-refractivity contribution in [2.24, 2.45) is 5.92 Å². The Morgan fingerprint density at radius 2 is 2.38 bits per heavy atom. The first-order valence-electron chi connectivity index (χ1n) is 5.97. The van der Waals surface area contributed by atoms with Crippen LogP contribution < -0.4 is 4.90 Å². The first kappa shape index (κ1) is 11.4. The summed E-state index contributed by atoms with van der Waals surface area (Å²) in [6.07, 6.45) is 2.51. The summed E-state index contributed by atoms with van der Waals surface area (Å²) >= 11 is 0. The molecule has 0 saturated carbocycles. The second kappa shape index (κ2) is 5.30. The van der Waals surface area contributed by atoms with Crippen LogP contribution in [0, 0.1) is 12.8 Å². The smallest absolute Gasteiger partial charge is 0.128 e. The topological polar surface area (TPSA) is 25.4 Å². The number of pyridine rings is 1. The zero-order chi connectivity index (χ0) is 11.4. The van der Waals surface area contributed by atoms with E-state index < -0.39 is 0 Å². The summed E-state index contributed by atoms with van der Waals surface area (Å²) in [6.45, 7) is 5.10. The maximum atomic E-state index is 5.24. The molecule has 1 atom stereocenters. The monoisotopic (exact) mass is 220 g/mol. The summed E-state index contributed by atoms with van der Waals surface area (Å²) in [4.78, 5) is 6.95. The molecule has 3 nitrogen and oxygen atoms in total. The van der Waals surface area contributed by atoms with E-state index in [1.54, 1.807) is 7.11 Å². The summed E-state index contributed by atoms with van der Waals surface area (Å²) in [6, 6.07) is 6.22. The van der Waals surface area contributed by atoms with E-state index in [1.807, 2.05) is 13.0 Å². The van der Waals surface area contributed by atoms with Crippen LogP contribution in [0.2, 0.25) is 0 Å². The minimum Gasteiger partial charge on any atom is -0.384 e. The molecule has 0 unspecified atom stereocenters. The van der Waals surface area contributed by atoms with Gasteiger partial charge in [-0.3, -0.25) is 0 Å². The van der Waals surface area contributed by atoms with Gasteiger partial charge in [0.25, 0.3) is 0 Å². The second-order valence-electron chi connectivity index (χ2n) is 4.55. The predicted octanol–water partition coefficient (Wildman–Crippen LogP) is 2.25. The lowest BCUT2D eigenvalue weighted by Crippen LogP contribution is -2.37. The number of piperidine rings is 1. The van der Waals surface area contributed by atoms with Crippen molar-refractivity contribution in [2.45, 2.75) is 19.8 Å². The number of methoxy groups -OCH3 is 1. The third kappa shape index (κ3) is 2.73. The molecule has 0 amide bonds. The normalized spacial score (nSPS) is 21.1. The largest absolute Gasteiger partial charge is 0.384 e. The number of aryl methyl sites for hydroxylation is 1. The molecule has 1 fully saturated rings. The summed E-state index contributed by atoms with van der Waals surface area (Å²) in [5.74, 6) is 1.77. The molecule has 1 aliphatic rings. The SMILES string of the molecule is COC[C@H]1CCCN(c2cccc(C)n2)C1. The van der Waals surface area contributed by atoms with Crippen molar-refractivity contribution in [3.8, 4) is 0 Å². The van der Waals surface area contributed by atoms with Gasteiger partial charge in [-0.15, -0.1) is 0 Å². The molecule has 0 bridgehead atoms. The van der Waals surface area contributed by atoms with E-state index in [4.69, 9.17) is 4.74 Å². The van der Waals surface area contributed by atoms with Gasteiger partial charge in [0, 0.05) is 25.9 Å². The Morgan fingerprint density at radius 3 is 3.12 bits per heavy atom. The van der Waals surface area contributed by atoms with Crippen molar-refractivity contribution in [1.82, 2.24) is 4.98 Å². The maximum Gasteiger partial charge on any atom is 0.128 e. The molecule has 2 heterocycles. The zero-order valence-corrected chi connectivity index (χ0v) is 10.1. The fourth-order valence-electron chi connectivity index (χ4n) is 2.35. The standard InChI is InChI=1S/C13H20N2O/c1-11-5-3-7-13(14-11)15-8-4-6-12(9-15)10-16-2/h3,5,7,12H,4,6,8-10H2,1-2H3/t12-/m0/s1. The quantitative estimate of drug-likeness (QED) is 0.781. The van der Waals surface area contributed by atoms with Crippen LogP contribution in [0.25, 0.3) is 0 Å². The van der Waals surface area contributed by atoms with E-state index in [0.717, 1.165) is 31.2 Å². The van der Waals surface area contributed by atoms with Crippen LogP contribution in [0.1, 0.15) is 18.5 Å². The molecular formula is C13H20N2O. The highest BCUT2D eigenvalue weighted by atomic mass is 16.5. The number of aromatic nitrogens is 1. The van der Waals surface area contributed by atoms with Crippen LogP contribution in [0.4, 0.5) is 5.82 Å². The van der Waals surface area contributed by atoms with Crippen molar-refractivity contribution in [3.63, 3.8) is 0 Å². The summed E-state index contributed by atoms with van der Waals surface area (Å²) < 4.78 is 5.24. The van der Waals surface area contributed by atoms with Crippen molar-refractivity contribution >= 4 is 5.82 Å². The van der Waals surface area contributed by atoms with E-state index in [0.29, 0.717) is 5.92 Å². The first-order valence-corrected chi connectivity index (χ1v) is 5.97. The van der Waals surface area contributed by atoms with E-state index in [9.17, 15) is 0 Å². The lowest BCUT2D eigenvalue weighted by Gasteiger charge is -2.33. The van der Waals surface area contributed by atoms with Gasteiger partial charge in [0.1, 0.15) is 5.82 Å². The summed E-state index contributed by atoms with van der Waals surface area (Å²) in [7, 11) is 1.78. The molecule has 0 radical (unpaired) electrons. The number of ether oxygens (including phenoxy) is 1. The van der Waals surface area contributed by atoms with E-state index >= 15 is 0 Å². The van der Waals surface area contributed by atoms with E-state index in [2.05, 4.69) is 22.0 Å². The van der Waals surface area contributed by atoms with Gasteiger partial charge in [-0.25, -0.2) is 4.98 Å². The second-order valence-corrected chi connectivity index (χ2v) is 4.55. The summed E-state index contributed by atoms with van der Waals surface area (Å²) in [5, 5.41) is 0. The molecule has 1 aliphatic heterocycles. The average Bonchev–Trinajstić information content (AvgIpc) is 2.30. The average molecular weight is 220 g/mol. The fourth-order valence-corrected chi connectivity index (χ4v) is 2.35. The molecule has 0 N–H and O–H groups in total. The van der Waals surface area contributed by atoms with Crippen LogP contribution in [0.15, 0.2) is 18.2 Å². The molecular weight excluding hydrogens is 200 g/mol. The van der Waals surface area contributed by atoms with Crippen LogP contribution in [-0.4, -0.2) is 31.8 Å². The van der Waals surface area contributed by atoms with Crippen molar-refractivity contribution in [1.29, 1.82) is 0 Å². The minimum absolute atomic E-state index is 0.654. The Morgan fingerprint density at radius 1 is 1.50 bits per heavy atom. The summed E-state index contributed by atoms with van der Waals surface area (Å²) in [5.41, 5.74) is 1.09. The van der Waals surface area contributed by atoms with Gasteiger partial charge in [-0.05, 0) is 37.8 Å². The third-order valence-electron chi connectivity index (χ3n) is 3.12. The first-order chi connectivity index (χ1) is 7.79. The number of nitrogens with zero attached hydrogens (tertiary/aromatic N) is 2. The third-order valence-corrected chi connectivity index (χ3v) is 3.12. The maximum absolute atomic E-state index is 5.24. The van der Waals surface area contributed by atoms with Gasteiger partial charge < -0.3 is 9.64 Å². The van der Waals surface area contributed by atoms with Gasteiger partial charge >= 0.3 is 0 Å². The van der Waals surface area contributed by atoms with Crippen LogP contribution in [-0.2, 0) is 4.74 Å². The van der Waals surface area contributed by atoms with Crippen molar-refractivity contribution in [3.05, 3.63) is 23.9 Å². The van der Waals surface area contributed by atoms with Crippen molar-refractivity contribution in [2.75, 3.05) is 31.7 Å². The number of anilines is 1. The van der Waals surface area contributed by atoms with Gasteiger partial charge in [0.2, 0.25) is 0 Å². The number of hydrogen-bond acceptors (Lipinski definition) is 3. The minimum atomic E-state index is 0.654. The lowest BCUT2D eigenvalue weighted by atomic mass is 9.99.